The zero-order chi connectivity index (χ0) is 5.86. The van der Waals surface area contributed by atoms with Crippen LogP contribution in [0.15, 0.2) is 0 Å². The van der Waals surface area contributed by atoms with Gasteiger partial charge in [-0.3, -0.25) is 4.79 Å². The summed E-state index contributed by atoms with van der Waals surface area (Å²) in [5, 5.41) is 7.16. The number of carboxylic acids is 1. The van der Waals surface area contributed by atoms with Crippen LogP contribution < -0.4 is 0 Å². The van der Waals surface area contributed by atoms with Crippen molar-refractivity contribution in [2.24, 2.45) is 0 Å². The van der Waals surface area contributed by atoms with Crippen molar-refractivity contribution in [3.05, 3.63) is 0 Å². The number of hydrogen-bond donors (Lipinski definition) is 2. The van der Waals surface area contributed by atoms with E-state index in [2.05, 4.69) is 12.6 Å². The predicted octanol–water partition coefficient (Wildman–Crippen LogP) is 0.608. The van der Waals surface area contributed by atoms with Crippen LogP contribution in [0.4, 0.5) is 0 Å². The molecule has 0 rings (SSSR count). The summed E-state index contributed by atoms with van der Waals surface area (Å²) >= 11 is 8.77. The second kappa shape index (κ2) is 3.16. The smallest absolute Gasteiger partial charge is 0.322 e. The van der Waals surface area contributed by atoms with Crippen LogP contribution in [0.5, 0.6) is 0 Å². The van der Waals surface area contributed by atoms with Crippen LogP contribution in [-0.2, 0) is 4.79 Å². The normalized spacial score (nSPS) is 13.4. The van der Waals surface area contributed by atoms with E-state index in [9.17, 15) is 4.79 Å². The van der Waals surface area contributed by atoms with Gasteiger partial charge in [0.1, 0.15) is 5.38 Å². The highest BCUT2D eigenvalue weighted by atomic mass is 35.5. The van der Waals surface area contributed by atoms with E-state index < -0.39 is 11.3 Å². The molecule has 0 bridgehead atoms. The molecule has 0 fully saturated rings. The predicted molar refractivity (Wildman–Crippen MR) is 31.1 cm³/mol. The molecular weight excluding hydrogens is 136 g/mol. The number of carbonyl (C=O) groups is 1. The first-order valence-corrected chi connectivity index (χ1v) is 2.73. The standard InChI is InChI=1S/C3H5ClO2S/c4-2(1-7)3(5)6/h2,7H,1H2,(H,5,6). The Hall–Kier alpha value is 0.110. The van der Waals surface area contributed by atoms with Crippen molar-refractivity contribution >= 4 is 30.2 Å². The topological polar surface area (TPSA) is 37.3 Å². The Kier molecular flexibility index (Phi) is 3.21. The summed E-state index contributed by atoms with van der Waals surface area (Å²) in [6.45, 7) is 0. The molecule has 7 heavy (non-hydrogen) atoms. The lowest BCUT2D eigenvalue weighted by Crippen LogP contribution is -2.13. The molecule has 4 heteroatoms. The summed E-state index contributed by atoms with van der Waals surface area (Å²) < 4.78 is 0. The summed E-state index contributed by atoms with van der Waals surface area (Å²) in [6.07, 6.45) is 0. The second-order valence-electron chi connectivity index (χ2n) is 0.988. The molecule has 0 aliphatic heterocycles. The Balaban J connectivity index is 3.34. The molecule has 0 aromatic carbocycles. The van der Waals surface area contributed by atoms with E-state index in [4.69, 9.17) is 16.7 Å². The van der Waals surface area contributed by atoms with Gasteiger partial charge >= 0.3 is 5.97 Å². The summed E-state index contributed by atoms with van der Waals surface area (Å²) in [6, 6.07) is 0. The average molecular weight is 141 g/mol. The molecule has 0 amide bonds. The lowest BCUT2D eigenvalue weighted by Gasteiger charge is -1.93. The van der Waals surface area contributed by atoms with Crippen molar-refractivity contribution in [1.82, 2.24) is 0 Å². The summed E-state index contributed by atoms with van der Waals surface area (Å²) in [7, 11) is 0. The third kappa shape index (κ3) is 2.76. The van der Waals surface area contributed by atoms with Gasteiger partial charge in [-0.15, -0.1) is 11.6 Å². The largest absolute Gasteiger partial charge is 0.480 e. The molecule has 1 unspecified atom stereocenters. The molecule has 0 saturated heterocycles. The Bertz CT molecular complexity index is 75.3. The first-order chi connectivity index (χ1) is 3.18. The maximum Gasteiger partial charge on any atom is 0.322 e. The zero-order valence-corrected chi connectivity index (χ0v) is 5.12. The Morgan fingerprint density at radius 1 is 2.00 bits per heavy atom. The molecular formula is C3H5ClO2S. The summed E-state index contributed by atoms with van der Waals surface area (Å²) in [5.74, 6) is -0.840. The summed E-state index contributed by atoms with van der Waals surface area (Å²) in [5.41, 5.74) is 0. The molecule has 1 N–H and O–H groups in total. The molecule has 1 atom stereocenters. The molecule has 0 aromatic rings. The van der Waals surface area contributed by atoms with Crippen LogP contribution in [0.3, 0.4) is 0 Å². The minimum atomic E-state index is -1.02. The van der Waals surface area contributed by atoms with Crippen LogP contribution >= 0.6 is 24.2 Å². The number of aliphatic carboxylic acids is 1. The Labute approximate surface area is 51.9 Å². The van der Waals surface area contributed by atoms with Gasteiger partial charge in [-0.2, -0.15) is 12.6 Å². The number of halogens is 1. The van der Waals surface area contributed by atoms with Crippen molar-refractivity contribution in [2.45, 2.75) is 5.38 Å². The van der Waals surface area contributed by atoms with Crippen LogP contribution in [-0.4, -0.2) is 22.2 Å². The Morgan fingerprint density at radius 2 is 2.43 bits per heavy atom. The summed E-state index contributed by atoms with van der Waals surface area (Å²) in [4.78, 5) is 9.75. The SMILES string of the molecule is O=C(O)C(Cl)CS. The number of rotatable bonds is 2. The highest BCUT2D eigenvalue weighted by Crippen LogP contribution is 1.96. The minimum absolute atomic E-state index is 0.177. The van der Waals surface area contributed by atoms with E-state index in [0.29, 0.717) is 0 Å². The monoisotopic (exact) mass is 140 g/mol. The molecule has 0 heterocycles. The lowest BCUT2D eigenvalue weighted by molar-refractivity contribution is -0.136. The number of hydrogen-bond acceptors (Lipinski definition) is 2. The molecule has 0 aromatic heterocycles. The molecule has 42 valence electrons. The average Bonchev–Trinajstić information content (AvgIpc) is 1.65. The lowest BCUT2D eigenvalue weighted by atomic mass is 10.5. The molecule has 2 nitrogen and oxygen atoms in total. The molecule has 0 aliphatic carbocycles. The number of thiol groups is 1. The maximum absolute atomic E-state index is 9.75. The van der Waals surface area contributed by atoms with Crippen molar-refractivity contribution in [3.63, 3.8) is 0 Å². The quantitative estimate of drug-likeness (QED) is 0.436. The fourth-order valence-corrected chi connectivity index (χ4v) is 0.234. The van der Waals surface area contributed by atoms with Gasteiger partial charge in [-0.05, 0) is 0 Å². The van der Waals surface area contributed by atoms with Gasteiger partial charge in [0.25, 0.3) is 0 Å². The van der Waals surface area contributed by atoms with Gasteiger partial charge in [0, 0.05) is 5.75 Å². The van der Waals surface area contributed by atoms with E-state index >= 15 is 0 Å². The van der Waals surface area contributed by atoms with E-state index in [1.54, 1.807) is 0 Å². The van der Waals surface area contributed by atoms with Crippen LogP contribution in [0.1, 0.15) is 0 Å². The van der Waals surface area contributed by atoms with Crippen molar-refractivity contribution < 1.29 is 9.90 Å². The van der Waals surface area contributed by atoms with Crippen LogP contribution in [0.2, 0.25) is 0 Å². The second-order valence-corrected chi connectivity index (χ2v) is 1.88. The first kappa shape index (κ1) is 7.11. The van der Waals surface area contributed by atoms with Crippen LogP contribution in [0.25, 0.3) is 0 Å². The van der Waals surface area contributed by atoms with Crippen molar-refractivity contribution in [1.29, 1.82) is 0 Å². The third-order valence-electron chi connectivity index (χ3n) is 0.428. The van der Waals surface area contributed by atoms with Crippen molar-refractivity contribution in [2.75, 3.05) is 5.75 Å². The molecule has 0 radical (unpaired) electrons. The molecule has 0 aliphatic rings. The highest BCUT2D eigenvalue weighted by molar-refractivity contribution is 7.80. The van der Waals surface area contributed by atoms with E-state index in [-0.39, 0.29) is 5.75 Å². The van der Waals surface area contributed by atoms with Gasteiger partial charge in [0.2, 0.25) is 0 Å². The van der Waals surface area contributed by atoms with E-state index in [1.807, 2.05) is 0 Å². The van der Waals surface area contributed by atoms with Gasteiger partial charge < -0.3 is 5.11 Å². The van der Waals surface area contributed by atoms with Crippen molar-refractivity contribution in [3.8, 4) is 0 Å². The van der Waals surface area contributed by atoms with E-state index in [1.165, 1.54) is 0 Å². The Morgan fingerprint density at radius 3 is 2.43 bits per heavy atom. The van der Waals surface area contributed by atoms with Gasteiger partial charge in [-0.25, -0.2) is 0 Å². The fraction of sp³-hybridized carbons (Fsp3) is 0.667. The van der Waals surface area contributed by atoms with E-state index in [0.717, 1.165) is 0 Å². The third-order valence-corrected chi connectivity index (χ3v) is 1.35. The number of carboxylic acid groups (broad SMARTS) is 1. The zero-order valence-electron chi connectivity index (χ0n) is 3.47. The fourth-order valence-electron chi connectivity index (χ4n) is 0.0781. The molecule has 0 saturated carbocycles. The molecule has 0 spiro atoms. The minimum Gasteiger partial charge on any atom is -0.480 e. The van der Waals surface area contributed by atoms with Crippen LogP contribution in [0, 0.1) is 0 Å². The first-order valence-electron chi connectivity index (χ1n) is 1.66. The van der Waals surface area contributed by atoms with Gasteiger partial charge in [0.15, 0.2) is 0 Å². The van der Waals surface area contributed by atoms with Gasteiger partial charge in [0.05, 0.1) is 0 Å². The van der Waals surface area contributed by atoms with Gasteiger partial charge in [-0.1, -0.05) is 0 Å². The maximum atomic E-state index is 9.75. The number of alkyl halides is 1. The highest BCUT2D eigenvalue weighted by Gasteiger charge is 2.08.